The smallest absolute Gasteiger partial charge is 0.309 e. The van der Waals surface area contributed by atoms with Crippen molar-refractivity contribution in [3.8, 4) is 0 Å². The quantitative estimate of drug-likeness (QED) is 0.912. The van der Waals surface area contributed by atoms with Crippen LogP contribution in [0.4, 0.5) is 0 Å². The highest BCUT2D eigenvalue weighted by Gasteiger charge is 2.48. The molecule has 108 valence electrons. The third kappa shape index (κ3) is 2.66. The third-order valence-corrected chi connectivity index (χ3v) is 3.79. The van der Waals surface area contributed by atoms with Crippen molar-refractivity contribution >= 4 is 23.5 Å². The van der Waals surface area contributed by atoms with Crippen LogP contribution in [0.1, 0.15) is 38.8 Å². The lowest BCUT2D eigenvalue weighted by Gasteiger charge is -2.38. The van der Waals surface area contributed by atoms with Gasteiger partial charge in [-0.3, -0.25) is 9.59 Å². The predicted molar refractivity (Wildman–Crippen MR) is 76.5 cm³/mol. The molecule has 1 N–H and O–H groups in total. The number of hydrogen-bond donors (Lipinski definition) is 1. The lowest BCUT2D eigenvalue weighted by atomic mass is 9.92. The van der Waals surface area contributed by atoms with Gasteiger partial charge in [-0.25, -0.2) is 0 Å². The molecule has 1 amide bonds. The number of aliphatic carboxylic acids is 1. The number of likely N-dealkylation sites (tertiary alicyclic amines) is 1. The Labute approximate surface area is 123 Å². The number of hydrogen-bond acceptors (Lipinski definition) is 2. The number of carboxylic acids is 1. The molecule has 1 fully saturated rings. The maximum atomic E-state index is 12.2. The summed E-state index contributed by atoms with van der Waals surface area (Å²) in [4.78, 5) is 25.4. The van der Waals surface area contributed by atoms with Crippen molar-refractivity contribution in [3.63, 3.8) is 0 Å². The number of benzene rings is 1. The van der Waals surface area contributed by atoms with Gasteiger partial charge in [-0.1, -0.05) is 23.7 Å². The highest BCUT2D eigenvalue weighted by atomic mass is 35.5. The molecule has 1 aromatic rings. The SMILES string of the molecule is CC(C)(C)N1C(=O)CC(C(=O)O)C1c1cccc(Cl)c1. The first-order chi connectivity index (χ1) is 9.21. The Kier molecular flexibility index (Phi) is 3.78. The molecule has 0 aliphatic carbocycles. The van der Waals surface area contributed by atoms with E-state index in [9.17, 15) is 14.7 Å². The van der Waals surface area contributed by atoms with Gasteiger partial charge in [0.05, 0.1) is 12.0 Å². The molecule has 4 nitrogen and oxygen atoms in total. The zero-order chi connectivity index (χ0) is 15.1. The van der Waals surface area contributed by atoms with E-state index in [1.54, 1.807) is 23.1 Å². The van der Waals surface area contributed by atoms with Crippen LogP contribution in [-0.2, 0) is 9.59 Å². The fraction of sp³-hybridized carbons (Fsp3) is 0.467. The molecule has 2 unspecified atom stereocenters. The van der Waals surface area contributed by atoms with E-state index in [1.807, 2.05) is 26.8 Å². The monoisotopic (exact) mass is 295 g/mol. The molecule has 0 aromatic heterocycles. The topological polar surface area (TPSA) is 57.6 Å². The van der Waals surface area contributed by atoms with Crippen molar-refractivity contribution in [2.45, 2.75) is 38.8 Å². The number of carbonyl (C=O) groups excluding carboxylic acids is 1. The van der Waals surface area contributed by atoms with Crippen molar-refractivity contribution in [1.82, 2.24) is 4.90 Å². The molecular weight excluding hydrogens is 278 g/mol. The Bertz CT molecular complexity index is 550. The number of rotatable bonds is 2. The molecule has 1 saturated heterocycles. The minimum atomic E-state index is -0.949. The minimum absolute atomic E-state index is 0.0315. The van der Waals surface area contributed by atoms with Crippen molar-refractivity contribution in [2.75, 3.05) is 0 Å². The zero-order valence-corrected chi connectivity index (χ0v) is 12.5. The average molecular weight is 296 g/mol. The van der Waals surface area contributed by atoms with Gasteiger partial charge < -0.3 is 10.0 Å². The molecule has 5 heteroatoms. The molecule has 1 heterocycles. The molecular formula is C15H18ClNO3. The Morgan fingerprint density at radius 2 is 2.05 bits per heavy atom. The van der Waals surface area contributed by atoms with Crippen molar-refractivity contribution in [3.05, 3.63) is 34.9 Å². The first-order valence-corrected chi connectivity index (χ1v) is 6.90. The second-order valence-corrected chi connectivity index (χ2v) is 6.52. The largest absolute Gasteiger partial charge is 0.481 e. The summed E-state index contributed by atoms with van der Waals surface area (Å²) in [5.74, 6) is -1.81. The predicted octanol–water partition coefficient (Wildman–Crippen LogP) is 3.11. The summed E-state index contributed by atoms with van der Waals surface area (Å²) in [7, 11) is 0. The Morgan fingerprint density at radius 1 is 1.40 bits per heavy atom. The molecule has 20 heavy (non-hydrogen) atoms. The number of carbonyl (C=O) groups is 2. The number of carboxylic acid groups (broad SMARTS) is 1. The molecule has 1 aliphatic rings. The Morgan fingerprint density at radius 3 is 2.55 bits per heavy atom. The normalized spacial score (nSPS) is 23.2. The summed E-state index contributed by atoms with van der Waals surface area (Å²) in [5.41, 5.74) is 0.333. The van der Waals surface area contributed by atoms with Crippen LogP contribution in [0.15, 0.2) is 24.3 Å². The van der Waals surface area contributed by atoms with Crippen molar-refractivity contribution < 1.29 is 14.7 Å². The minimum Gasteiger partial charge on any atom is -0.481 e. The fourth-order valence-electron chi connectivity index (χ4n) is 2.82. The van der Waals surface area contributed by atoms with Gasteiger partial charge in [0.1, 0.15) is 0 Å². The van der Waals surface area contributed by atoms with Crippen LogP contribution in [-0.4, -0.2) is 27.4 Å². The molecule has 2 atom stereocenters. The molecule has 1 aliphatic heterocycles. The number of nitrogens with zero attached hydrogens (tertiary/aromatic N) is 1. The third-order valence-electron chi connectivity index (χ3n) is 3.55. The van der Waals surface area contributed by atoms with Crippen LogP contribution in [0.25, 0.3) is 0 Å². The maximum absolute atomic E-state index is 12.2. The number of halogens is 1. The van der Waals surface area contributed by atoms with Crippen LogP contribution in [0.3, 0.4) is 0 Å². The lowest BCUT2D eigenvalue weighted by Crippen LogP contribution is -2.44. The van der Waals surface area contributed by atoms with Crippen LogP contribution >= 0.6 is 11.6 Å². The summed E-state index contributed by atoms with van der Waals surface area (Å²) in [6, 6.07) is 6.60. The second-order valence-electron chi connectivity index (χ2n) is 6.08. The van der Waals surface area contributed by atoms with Gasteiger partial charge in [-0.2, -0.15) is 0 Å². The molecule has 0 bridgehead atoms. The lowest BCUT2D eigenvalue weighted by molar-refractivity contribution is -0.142. The Balaban J connectivity index is 2.52. The summed E-state index contributed by atoms with van der Waals surface area (Å²) in [5, 5.41) is 9.95. The van der Waals surface area contributed by atoms with Gasteiger partial charge in [0.2, 0.25) is 5.91 Å². The van der Waals surface area contributed by atoms with Crippen LogP contribution < -0.4 is 0 Å². The molecule has 2 rings (SSSR count). The standard InChI is InChI=1S/C15H18ClNO3/c1-15(2,3)17-12(18)8-11(14(19)20)13(17)9-5-4-6-10(16)7-9/h4-7,11,13H,8H2,1-3H3,(H,19,20). The van der Waals surface area contributed by atoms with E-state index in [2.05, 4.69) is 0 Å². The van der Waals surface area contributed by atoms with Crippen LogP contribution in [0.5, 0.6) is 0 Å². The van der Waals surface area contributed by atoms with E-state index in [0.29, 0.717) is 5.02 Å². The van der Waals surface area contributed by atoms with E-state index in [0.717, 1.165) is 5.56 Å². The Hall–Kier alpha value is -1.55. The van der Waals surface area contributed by atoms with Crippen molar-refractivity contribution in [2.24, 2.45) is 5.92 Å². The van der Waals surface area contributed by atoms with E-state index < -0.39 is 23.5 Å². The van der Waals surface area contributed by atoms with Gasteiger partial charge >= 0.3 is 5.97 Å². The van der Waals surface area contributed by atoms with E-state index in [-0.39, 0.29) is 12.3 Å². The molecule has 0 saturated carbocycles. The van der Waals surface area contributed by atoms with Crippen LogP contribution in [0.2, 0.25) is 5.02 Å². The average Bonchev–Trinajstić information content (AvgIpc) is 2.66. The highest BCUT2D eigenvalue weighted by molar-refractivity contribution is 6.30. The van der Waals surface area contributed by atoms with Gasteiger partial charge in [0.15, 0.2) is 0 Å². The van der Waals surface area contributed by atoms with Crippen molar-refractivity contribution in [1.29, 1.82) is 0 Å². The molecule has 0 radical (unpaired) electrons. The highest BCUT2D eigenvalue weighted by Crippen LogP contribution is 2.42. The van der Waals surface area contributed by atoms with E-state index >= 15 is 0 Å². The summed E-state index contributed by atoms with van der Waals surface area (Å²) < 4.78 is 0. The molecule has 0 spiro atoms. The summed E-state index contributed by atoms with van der Waals surface area (Å²) in [6.45, 7) is 5.73. The first kappa shape index (κ1) is 14.9. The fourth-order valence-corrected chi connectivity index (χ4v) is 3.02. The van der Waals surface area contributed by atoms with Crippen LogP contribution in [0, 0.1) is 5.92 Å². The van der Waals surface area contributed by atoms with Gasteiger partial charge in [0, 0.05) is 17.0 Å². The van der Waals surface area contributed by atoms with Gasteiger partial charge in [0.25, 0.3) is 0 Å². The van der Waals surface area contributed by atoms with Gasteiger partial charge in [-0.05, 0) is 38.5 Å². The summed E-state index contributed by atoms with van der Waals surface area (Å²) >= 11 is 6.00. The van der Waals surface area contributed by atoms with E-state index in [4.69, 9.17) is 11.6 Å². The summed E-state index contributed by atoms with van der Waals surface area (Å²) in [6.07, 6.45) is 0.0315. The van der Waals surface area contributed by atoms with Gasteiger partial charge in [-0.15, -0.1) is 0 Å². The maximum Gasteiger partial charge on any atom is 0.309 e. The first-order valence-electron chi connectivity index (χ1n) is 6.52. The zero-order valence-electron chi connectivity index (χ0n) is 11.8. The molecule has 1 aromatic carbocycles. The second kappa shape index (κ2) is 5.09. The number of amides is 1. The van der Waals surface area contributed by atoms with E-state index in [1.165, 1.54) is 0 Å².